The summed E-state index contributed by atoms with van der Waals surface area (Å²) < 4.78 is 0. The highest BCUT2D eigenvalue weighted by Crippen LogP contribution is 2.32. The smallest absolute Gasteiger partial charge is 0.319 e. The second-order valence-electron chi connectivity index (χ2n) is 7.54. The standard InChI is InChI=1S/C20H28N4O4/c1-3-23(12-19(26)27)18-10-15(11-18)22-20(28)21-14-4-6-16(7-5-14)24(13(2)25)17-8-9-17/h4-7,15,17-18H,3,8-12H2,1-2H3,(H,26,27)(H2,21,22,28). The van der Waals surface area contributed by atoms with E-state index in [1.165, 1.54) is 0 Å². The molecule has 3 amide bonds. The molecule has 1 aromatic carbocycles. The summed E-state index contributed by atoms with van der Waals surface area (Å²) in [6, 6.07) is 7.56. The third-order valence-corrected chi connectivity index (χ3v) is 5.36. The second-order valence-corrected chi connectivity index (χ2v) is 7.54. The van der Waals surface area contributed by atoms with Crippen LogP contribution in [-0.2, 0) is 9.59 Å². The molecule has 8 heteroatoms. The van der Waals surface area contributed by atoms with Crippen LogP contribution >= 0.6 is 0 Å². The number of nitrogens with zero attached hydrogens (tertiary/aromatic N) is 2. The lowest BCUT2D eigenvalue weighted by molar-refractivity contribution is -0.139. The lowest BCUT2D eigenvalue weighted by atomic mass is 9.85. The number of hydrogen-bond acceptors (Lipinski definition) is 4. The molecule has 0 heterocycles. The maximum Gasteiger partial charge on any atom is 0.319 e. The first kappa shape index (κ1) is 20.1. The molecule has 28 heavy (non-hydrogen) atoms. The van der Waals surface area contributed by atoms with Crippen LogP contribution in [0, 0.1) is 0 Å². The largest absolute Gasteiger partial charge is 0.480 e. The van der Waals surface area contributed by atoms with Gasteiger partial charge in [-0.1, -0.05) is 6.92 Å². The van der Waals surface area contributed by atoms with Gasteiger partial charge in [0.15, 0.2) is 0 Å². The van der Waals surface area contributed by atoms with E-state index < -0.39 is 5.97 Å². The summed E-state index contributed by atoms with van der Waals surface area (Å²) in [5.74, 6) is -0.797. The van der Waals surface area contributed by atoms with Crippen LogP contribution in [0.15, 0.2) is 24.3 Å². The fraction of sp³-hybridized carbons (Fsp3) is 0.550. The summed E-state index contributed by atoms with van der Waals surface area (Å²) in [7, 11) is 0. The Kier molecular flexibility index (Phi) is 6.18. The van der Waals surface area contributed by atoms with Gasteiger partial charge in [0.1, 0.15) is 0 Å². The van der Waals surface area contributed by atoms with Crippen LogP contribution in [0.25, 0.3) is 0 Å². The van der Waals surface area contributed by atoms with E-state index in [9.17, 15) is 14.4 Å². The average molecular weight is 388 g/mol. The topological polar surface area (TPSA) is 102 Å². The number of hydrogen-bond donors (Lipinski definition) is 3. The number of rotatable bonds is 8. The molecule has 0 aromatic heterocycles. The number of likely N-dealkylation sites (N-methyl/N-ethyl adjacent to an activating group) is 1. The predicted molar refractivity (Wildman–Crippen MR) is 106 cm³/mol. The number of benzene rings is 1. The van der Waals surface area contributed by atoms with Crippen molar-refractivity contribution in [3.05, 3.63) is 24.3 Å². The molecule has 2 aliphatic rings. The molecular formula is C20H28N4O4. The molecule has 3 N–H and O–H groups in total. The van der Waals surface area contributed by atoms with E-state index in [0.717, 1.165) is 31.4 Å². The normalized spacial score (nSPS) is 21.0. The Bertz CT molecular complexity index is 726. The van der Waals surface area contributed by atoms with E-state index in [-0.39, 0.29) is 30.6 Å². The summed E-state index contributed by atoms with van der Waals surface area (Å²) in [5.41, 5.74) is 1.51. The summed E-state index contributed by atoms with van der Waals surface area (Å²) in [4.78, 5) is 38.6. The fourth-order valence-electron chi connectivity index (χ4n) is 3.72. The van der Waals surface area contributed by atoms with E-state index >= 15 is 0 Å². The van der Waals surface area contributed by atoms with E-state index in [1.54, 1.807) is 24.0 Å². The Labute approximate surface area is 164 Å². The molecular weight excluding hydrogens is 360 g/mol. The zero-order chi connectivity index (χ0) is 20.3. The van der Waals surface area contributed by atoms with Gasteiger partial charge in [-0.15, -0.1) is 0 Å². The Morgan fingerprint density at radius 1 is 1.11 bits per heavy atom. The minimum atomic E-state index is -0.829. The van der Waals surface area contributed by atoms with Gasteiger partial charge in [0.05, 0.1) is 6.54 Å². The van der Waals surface area contributed by atoms with Crippen molar-refractivity contribution in [2.24, 2.45) is 0 Å². The molecule has 2 saturated carbocycles. The van der Waals surface area contributed by atoms with E-state index in [2.05, 4.69) is 10.6 Å². The van der Waals surface area contributed by atoms with Gasteiger partial charge in [-0.05, 0) is 56.5 Å². The monoisotopic (exact) mass is 388 g/mol. The number of carbonyl (C=O) groups excluding carboxylic acids is 2. The lowest BCUT2D eigenvalue weighted by Gasteiger charge is -2.42. The third kappa shape index (κ3) is 5.01. The van der Waals surface area contributed by atoms with Crippen LogP contribution in [0.4, 0.5) is 16.2 Å². The molecule has 2 fully saturated rings. The van der Waals surface area contributed by atoms with Crippen LogP contribution in [-0.4, -0.2) is 59.1 Å². The molecule has 8 nitrogen and oxygen atoms in total. The van der Waals surface area contributed by atoms with Gasteiger partial charge >= 0.3 is 12.0 Å². The maximum atomic E-state index is 12.2. The molecule has 0 unspecified atom stereocenters. The summed E-state index contributed by atoms with van der Waals surface area (Å²) >= 11 is 0. The van der Waals surface area contributed by atoms with Crippen LogP contribution in [0.3, 0.4) is 0 Å². The lowest BCUT2D eigenvalue weighted by Crippen LogP contribution is -2.55. The zero-order valence-corrected chi connectivity index (χ0v) is 16.4. The highest BCUT2D eigenvalue weighted by atomic mass is 16.4. The van der Waals surface area contributed by atoms with Gasteiger partial charge in [0.25, 0.3) is 0 Å². The van der Waals surface area contributed by atoms with Crippen molar-refractivity contribution in [3.63, 3.8) is 0 Å². The molecule has 1 aromatic rings. The van der Waals surface area contributed by atoms with E-state index in [0.29, 0.717) is 18.3 Å². The van der Waals surface area contributed by atoms with Gasteiger partial charge in [-0.2, -0.15) is 0 Å². The van der Waals surface area contributed by atoms with Gasteiger partial charge < -0.3 is 20.6 Å². The predicted octanol–water partition coefficient (Wildman–Crippen LogP) is 2.26. The number of carbonyl (C=O) groups is 3. The van der Waals surface area contributed by atoms with Crippen molar-refractivity contribution >= 4 is 29.3 Å². The first-order valence-electron chi connectivity index (χ1n) is 9.80. The van der Waals surface area contributed by atoms with Crippen molar-refractivity contribution in [1.82, 2.24) is 10.2 Å². The molecule has 3 rings (SSSR count). The number of amides is 3. The molecule has 0 spiro atoms. The van der Waals surface area contributed by atoms with Crippen LogP contribution in [0.5, 0.6) is 0 Å². The van der Waals surface area contributed by atoms with Crippen molar-refractivity contribution in [2.75, 3.05) is 23.3 Å². The third-order valence-electron chi connectivity index (χ3n) is 5.36. The van der Waals surface area contributed by atoms with Gasteiger partial charge in [0, 0.05) is 36.4 Å². The number of carboxylic acids is 1. The van der Waals surface area contributed by atoms with E-state index in [4.69, 9.17) is 5.11 Å². The zero-order valence-electron chi connectivity index (χ0n) is 16.4. The molecule has 152 valence electrons. The molecule has 0 bridgehead atoms. The second kappa shape index (κ2) is 8.60. The average Bonchev–Trinajstić information content (AvgIpc) is 3.42. The number of anilines is 2. The summed E-state index contributed by atoms with van der Waals surface area (Å²) in [6.45, 7) is 4.22. The van der Waals surface area contributed by atoms with Crippen molar-refractivity contribution in [3.8, 4) is 0 Å². The Morgan fingerprint density at radius 3 is 2.25 bits per heavy atom. The number of aliphatic carboxylic acids is 1. The van der Waals surface area contributed by atoms with Crippen LogP contribution < -0.4 is 15.5 Å². The van der Waals surface area contributed by atoms with Crippen LogP contribution in [0.1, 0.15) is 39.5 Å². The first-order chi connectivity index (χ1) is 13.4. The van der Waals surface area contributed by atoms with Crippen LogP contribution in [0.2, 0.25) is 0 Å². The SMILES string of the molecule is CCN(CC(=O)O)C1CC(NC(=O)Nc2ccc(N(C(C)=O)C3CC3)cc2)C1. The van der Waals surface area contributed by atoms with Crippen molar-refractivity contribution < 1.29 is 19.5 Å². The van der Waals surface area contributed by atoms with Gasteiger partial charge in [-0.3, -0.25) is 14.5 Å². The quantitative estimate of drug-likeness (QED) is 0.634. The molecule has 2 aliphatic carbocycles. The molecule has 0 atom stereocenters. The summed E-state index contributed by atoms with van der Waals surface area (Å²) in [6.07, 6.45) is 3.57. The first-order valence-corrected chi connectivity index (χ1v) is 9.80. The minimum Gasteiger partial charge on any atom is -0.480 e. The highest BCUT2D eigenvalue weighted by Gasteiger charge is 2.35. The molecule has 0 radical (unpaired) electrons. The Hall–Kier alpha value is -2.61. The molecule has 0 aliphatic heterocycles. The van der Waals surface area contributed by atoms with Crippen molar-refractivity contribution in [1.29, 1.82) is 0 Å². The fourth-order valence-corrected chi connectivity index (χ4v) is 3.72. The van der Waals surface area contributed by atoms with Gasteiger partial charge in [0.2, 0.25) is 5.91 Å². The van der Waals surface area contributed by atoms with Crippen molar-refractivity contribution in [2.45, 2.75) is 57.7 Å². The highest BCUT2D eigenvalue weighted by molar-refractivity contribution is 5.94. The number of carboxylic acid groups (broad SMARTS) is 1. The number of urea groups is 1. The number of nitrogens with one attached hydrogen (secondary N) is 2. The van der Waals surface area contributed by atoms with E-state index in [1.807, 2.05) is 24.0 Å². The minimum absolute atomic E-state index is 0.0320. The Morgan fingerprint density at radius 2 is 1.75 bits per heavy atom. The summed E-state index contributed by atoms with van der Waals surface area (Å²) in [5, 5.41) is 14.7. The maximum absolute atomic E-state index is 12.2. The Balaban J connectivity index is 1.45. The molecule has 0 saturated heterocycles. The van der Waals surface area contributed by atoms with Gasteiger partial charge in [-0.25, -0.2) is 4.79 Å².